The van der Waals surface area contributed by atoms with Gasteiger partial charge in [0.15, 0.2) is 0 Å². The predicted molar refractivity (Wildman–Crippen MR) is 202 cm³/mol. The van der Waals surface area contributed by atoms with Crippen LogP contribution in [-0.2, 0) is 38.4 Å². The van der Waals surface area contributed by atoms with Crippen LogP contribution in [0.1, 0.15) is 111 Å². The Morgan fingerprint density at radius 1 is 0.224 bits per heavy atom. The van der Waals surface area contributed by atoms with E-state index in [1.54, 1.807) is 55.4 Å². The summed E-state index contributed by atoms with van der Waals surface area (Å²) >= 11 is 0. The maximum Gasteiger partial charge on any atom is 4.00 e. The zero-order valence-corrected chi connectivity index (χ0v) is 36.2. The number of aliphatic carboxylic acids is 8. The first kappa shape index (κ1) is 76.4. The van der Waals surface area contributed by atoms with Crippen LogP contribution in [0, 0.1) is 14.9 Å². The largest absolute Gasteiger partial charge is 4.00 e. The van der Waals surface area contributed by atoms with Gasteiger partial charge >= 0.3 is 14.9 Å². The van der Waals surface area contributed by atoms with E-state index < -0.39 is 47.8 Å². The van der Waals surface area contributed by atoms with Crippen LogP contribution in [0.15, 0.2) is 93.2 Å². The fraction of sp³-hybridized carbons (Fsp3) is 0.381. The Kier molecular flexibility index (Phi) is 66.8. The van der Waals surface area contributed by atoms with Gasteiger partial charge < -0.3 is 79.2 Å². The molecule has 0 fully saturated rings. The molecule has 0 N–H and O–H groups in total. The van der Waals surface area contributed by atoms with Crippen LogP contribution < -0.4 is 40.9 Å². The van der Waals surface area contributed by atoms with Gasteiger partial charge in [-0.2, -0.15) is 0 Å². The Morgan fingerprint density at radius 2 is 0.276 bits per heavy atom. The molecular weight excluding hydrogens is 760 g/mol. The van der Waals surface area contributed by atoms with E-state index in [-0.39, 0.29) is 59.4 Å². The number of allylic oxidation sites excluding steroid dienone is 8. The summed E-state index contributed by atoms with van der Waals surface area (Å²) in [5.41, 5.74) is 2.22. The minimum atomic E-state index is -1.09. The number of carbonyl (C=O) groups excluding carboxylic acids is 8. The fourth-order valence-electron chi connectivity index (χ4n) is 0.943. The molecule has 0 rings (SSSR count). The van der Waals surface area contributed by atoms with Crippen molar-refractivity contribution >= 4 is 47.8 Å². The van der Waals surface area contributed by atoms with Crippen molar-refractivity contribution in [2.24, 2.45) is 0 Å². The van der Waals surface area contributed by atoms with E-state index in [1.807, 2.05) is 0 Å². The summed E-state index contributed by atoms with van der Waals surface area (Å²) in [6.45, 7) is 25.2. The summed E-state index contributed by atoms with van der Waals surface area (Å²) in [5, 5.41) is 78.0. The topological polar surface area (TPSA) is 321 Å². The Bertz CT molecular complexity index is 1160. The second-order valence-electron chi connectivity index (χ2n) is 10.1. The summed E-state index contributed by atoms with van der Waals surface area (Å²) in [7, 11) is 0. The van der Waals surface area contributed by atoms with Crippen molar-refractivity contribution in [1.29, 1.82) is 0 Å². The Hall–Kier alpha value is -6.32. The summed E-state index contributed by atoms with van der Waals surface area (Å²) in [4.78, 5) is 78.0. The van der Waals surface area contributed by atoms with Gasteiger partial charge in [-0.15, -0.1) is 0 Å². The predicted octanol–water partition coefficient (Wildman–Crippen LogP) is -2.22. The van der Waals surface area contributed by atoms with Gasteiger partial charge in [0.2, 0.25) is 0 Å². The molecule has 0 bridgehead atoms. The number of carboxylic acids is 8. The van der Waals surface area contributed by atoms with E-state index in [2.05, 4.69) is 0 Å². The zero-order chi connectivity index (χ0) is 46.9. The van der Waals surface area contributed by atoms with Crippen molar-refractivity contribution in [2.45, 2.75) is 111 Å². The Labute approximate surface area is 345 Å². The first-order chi connectivity index (χ1) is 25.4. The van der Waals surface area contributed by atoms with Crippen molar-refractivity contribution in [3.63, 3.8) is 0 Å². The average molecular weight is 817 g/mol. The van der Waals surface area contributed by atoms with Gasteiger partial charge in [-0.05, 0) is 155 Å². The molecule has 0 amide bonds. The molecule has 0 aliphatic rings. The number of hydrogen-bond acceptors (Lipinski definition) is 16. The van der Waals surface area contributed by atoms with Gasteiger partial charge in [-0.3, -0.25) is 0 Å². The van der Waals surface area contributed by atoms with Crippen molar-refractivity contribution < 1.29 is 79.2 Å². The van der Waals surface area contributed by atoms with E-state index in [0.29, 0.717) is 0 Å². The van der Waals surface area contributed by atoms with Crippen molar-refractivity contribution in [3.8, 4) is 0 Å². The van der Waals surface area contributed by atoms with Gasteiger partial charge in [-0.25, -0.2) is 0 Å². The fourth-order valence-corrected chi connectivity index (χ4v) is 0.943. The van der Waals surface area contributed by atoms with E-state index in [4.69, 9.17) is 0 Å². The molecule has 0 radical (unpaired) electrons. The second kappa shape index (κ2) is 50.7. The van der Waals surface area contributed by atoms with Crippen molar-refractivity contribution in [2.75, 3.05) is 0 Å². The van der Waals surface area contributed by atoms with Gasteiger partial charge in [0, 0.05) is 0 Å². The Morgan fingerprint density at radius 3 is 0.276 bits per heavy atom. The van der Waals surface area contributed by atoms with Gasteiger partial charge in [-0.1, -0.05) is 48.6 Å². The van der Waals surface area contributed by atoms with E-state index >= 15 is 0 Å². The smallest absolute Gasteiger partial charge is 0.545 e. The molecule has 0 aromatic carbocycles. The van der Waals surface area contributed by atoms with Crippen molar-refractivity contribution in [3.05, 3.63) is 108 Å². The molecule has 0 heterocycles. The maximum absolute atomic E-state index is 9.75. The van der Waals surface area contributed by atoms with Gasteiger partial charge in [0.1, 0.15) is 0 Å². The summed E-state index contributed by atoms with van der Waals surface area (Å²) in [6.07, 6.45) is 12.0. The molecule has 58 heavy (non-hydrogen) atoms. The molecule has 0 aliphatic carbocycles. The minimum Gasteiger partial charge on any atom is -0.545 e. The summed E-state index contributed by atoms with van der Waals surface area (Å²) < 4.78 is 0. The number of carboxylic acid groups (broad SMARTS) is 8. The van der Waals surface area contributed by atoms with Crippen LogP contribution >= 0.6 is 0 Å². The first-order valence-electron chi connectivity index (χ1n) is 16.2. The monoisotopic (exact) mass is 816 g/mol. The molecule has 0 saturated heterocycles. The minimum absolute atomic E-state index is 0. The normalized spacial score (nSPS) is 11.0. The summed E-state index contributed by atoms with van der Waals surface area (Å²) in [6, 6.07) is 0. The van der Waals surface area contributed by atoms with Crippen LogP contribution in [0.5, 0.6) is 0 Å². The maximum atomic E-state index is 9.75. The molecule has 0 saturated carbocycles. The molecule has 16 heteroatoms. The third kappa shape index (κ3) is 67.8. The Balaban J connectivity index is -0.0000000565. The van der Waals surface area contributed by atoms with E-state index in [0.717, 1.165) is 0 Å². The van der Waals surface area contributed by atoms with Crippen LogP contribution in [0.2, 0.25) is 0 Å². The third-order valence-corrected chi connectivity index (χ3v) is 6.04. The average Bonchev–Trinajstić information content (AvgIpc) is 3.16. The first-order valence-corrected chi connectivity index (χ1v) is 16.2. The van der Waals surface area contributed by atoms with E-state index in [1.165, 1.54) is 104 Å². The SMILES string of the molecule is CC=C(C)C(=O)[O-].CC=C(C)C(=O)[O-].CC=C(C)C(=O)[O-].CC=C(C)C(=O)[O-].CC=C(C)C(=O)[O-].CC=C(C)C(=O)[O-].CC=C(C)C(=O)[O-].CC=C(C)C(=O)[O-].[C+4].[C+4]. The number of carbonyl (C=O) groups is 8. The zero-order valence-electron chi connectivity index (χ0n) is 36.2. The molecule has 0 aromatic heterocycles. The molecule has 0 aliphatic heterocycles. The number of hydrogen-bond donors (Lipinski definition) is 0. The van der Waals surface area contributed by atoms with Crippen LogP contribution in [-0.4, -0.2) is 47.8 Å². The molecule has 16 nitrogen and oxygen atoms in total. The quantitative estimate of drug-likeness (QED) is 0.234. The van der Waals surface area contributed by atoms with E-state index in [9.17, 15) is 79.2 Å². The van der Waals surface area contributed by atoms with Gasteiger partial charge in [0.05, 0.1) is 47.8 Å². The molecule has 320 valence electrons. The number of rotatable bonds is 8. The molecular formula is C42H56O16. The van der Waals surface area contributed by atoms with Crippen LogP contribution in [0.4, 0.5) is 0 Å². The molecule has 0 unspecified atom stereocenters. The standard InChI is InChI=1S/8C5H8O2.2C/c8*1-3-4(2)5(6)7;;/h8*3H,1-2H3,(H,6,7);;/q;;;;;;;;2*+4/p-8. The second-order valence-corrected chi connectivity index (χ2v) is 10.1. The van der Waals surface area contributed by atoms with Gasteiger partial charge in [0.25, 0.3) is 0 Å². The van der Waals surface area contributed by atoms with Crippen LogP contribution in [0.3, 0.4) is 0 Å². The molecule has 0 aromatic rings. The van der Waals surface area contributed by atoms with Crippen molar-refractivity contribution in [1.82, 2.24) is 0 Å². The van der Waals surface area contributed by atoms with Crippen LogP contribution in [0.25, 0.3) is 0 Å². The molecule has 0 atom stereocenters. The molecule has 0 spiro atoms. The third-order valence-electron chi connectivity index (χ3n) is 6.04. The summed E-state index contributed by atoms with van der Waals surface area (Å²) in [5.74, 6) is -8.76.